The molecule has 20 heavy (non-hydrogen) atoms. The Morgan fingerprint density at radius 1 is 1.35 bits per heavy atom. The topological polar surface area (TPSA) is 51.2 Å². The van der Waals surface area contributed by atoms with Gasteiger partial charge >= 0.3 is 0 Å². The highest BCUT2D eigenvalue weighted by atomic mass is 35.5. The van der Waals surface area contributed by atoms with Crippen LogP contribution in [0.2, 0.25) is 0 Å². The fraction of sp³-hybridized carbons (Fsp3) is 0.533. The van der Waals surface area contributed by atoms with Crippen molar-refractivity contribution in [1.82, 2.24) is 0 Å². The average molecular weight is 315 g/mol. The Morgan fingerprint density at radius 2 is 1.95 bits per heavy atom. The number of rotatable bonds is 2. The van der Waals surface area contributed by atoms with Crippen molar-refractivity contribution < 1.29 is 13.2 Å². The van der Waals surface area contributed by atoms with Crippen LogP contribution in [0, 0.1) is 13.8 Å². The van der Waals surface area contributed by atoms with Crippen LogP contribution in [0.25, 0.3) is 0 Å². The van der Waals surface area contributed by atoms with Gasteiger partial charge in [-0.2, -0.15) is 0 Å². The number of Topliss-reactive ketones (excluding diaryl/α,β-unsaturated/α-hetero) is 1. The normalized spacial score (nSPS) is 19.4. The molecule has 0 aliphatic carbocycles. The molecule has 0 N–H and O–H groups in total. The van der Waals surface area contributed by atoms with Gasteiger partial charge in [0.25, 0.3) is 0 Å². The number of halogens is 1. The fourth-order valence-corrected chi connectivity index (χ4v) is 5.50. The minimum absolute atomic E-state index is 0.0910. The standard InChI is InChI=1S/C15H19ClO3S/c1-9-7-11(12(17)8-16)10(2)13-14(9)20(18,19)6-5-15(13,3)4/h7H,5-6,8H2,1-4H3. The fourth-order valence-electron chi connectivity index (χ4n) is 3.09. The first kappa shape index (κ1) is 15.5. The van der Waals surface area contributed by atoms with Gasteiger partial charge in [0.05, 0.1) is 16.5 Å². The molecule has 0 saturated carbocycles. The average Bonchev–Trinajstić information content (AvgIpc) is 2.36. The highest BCUT2D eigenvalue weighted by Crippen LogP contribution is 2.42. The van der Waals surface area contributed by atoms with E-state index < -0.39 is 9.84 Å². The lowest BCUT2D eigenvalue weighted by atomic mass is 9.77. The number of fused-ring (bicyclic) bond motifs is 1. The van der Waals surface area contributed by atoms with Gasteiger partial charge in [-0.1, -0.05) is 13.8 Å². The zero-order chi connectivity index (χ0) is 15.3. The predicted octanol–water partition coefficient (Wildman–Crippen LogP) is 3.18. The summed E-state index contributed by atoms with van der Waals surface area (Å²) >= 11 is 5.65. The first-order valence-electron chi connectivity index (χ1n) is 6.58. The van der Waals surface area contributed by atoms with Crippen LogP contribution in [0.15, 0.2) is 11.0 Å². The second-order valence-electron chi connectivity index (χ2n) is 6.08. The van der Waals surface area contributed by atoms with Gasteiger partial charge in [-0.15, -0.1) is 11.6 Å². The third kappa shape index (κ3) is 2.29. The largest absolute Gasteiger partial charge is 0.293 e. The van der Waals surface area contributed by atoms with Crippen molar-refractivity contribution in [1.29, 1.82) is 0 Å². The van der Waals surface area contributed by atoms with E-state index >= 15 is 0 Å². The maximum atomic E-state index is 12.4. The minimum Gasteiger partial charge on any atom is -0.293 e. The molecule has 1 heterocycles. The summed E-state index contributed by atoms with van der Waals surface area (Å²) in [4.78, 5) is 12.4. The van der Waals surface area contributed by atoms with E-state index in [-0.39, 0.29) is 22.8 Å². The van der Waals surface area contributed by atoms with E-state index in [0.717, 1.165) is 11.1 Å². The van der Waals surface area contributed by atoms with E-state index in [0.29, 0.717) is 22.4 Å². The third-order valence-electron chi connectivity index (χ3n) is 4.13. The van der Waals surface area contributed by atoms with Crippen molar-refractivity contribution in [3.63, 3.8) is 0 Å². The number of alkyl halides is 1. The summed E-state index contributed by atoms with van der Waals surface area (Å²) in [6.45, 7) is 7.63. The lowest BCUT2D eigenvalue weighted by molar-refractivity contribution is 0.102. The van der Waals surface area contributed by atoms with Crippen LogP contribution in [0.3, 0.4) is 0 Å². The summed E-state index contributed by atoms with van der Waals surface area (Å²) < 4.78 is 24.7. The van der Waals surface area contributed by atoms with Gasteiger partial charge in [-0.3, -0.25) is 4.79 Å². The van der Waals surface area contributed by atoms with Gasteiger partial charge in [-0.25, -0.2) is 8.42 Å². The maximum absolute atomic E-state index is 12.4. The minimum atomic E-state index is -3.26. The summed E-state index contributed by atoms with van der Waals surface area (Å²) in [5, 5.41) is 0. The molecule has 0 radical (unpaired) electrons. The van der Waals surface area contributed by atoms with Crippen molar-refractivity contribution in [2.24, 2.45) is 0 Å². The zero-order valence-electron chi connectivity index (χ0n) is 12.2. The monoisotopic (exact) mass is 314 g/mol. The number of sulfone groups is 1. The van der Waals surface area contributed by atoms with Crippen molar-refractivity contribution in [3.8, 4) is 0 Å². The van der Waals surface area contributed by atoms with Gasteiger partial charge in [0.2, 0.25) is 0 Å². The number of carbonyl (C=O) groups is 1. The van der Waals surface area contributed by atoms with Gasteiger partial charge in [0.1, 0.15) is 0 Å². The smallest absolute Gasteiger partial charge is 0.178 e. The van der Waals surface area contributed by atoms with Gasteiger partial charge in [0, 0.05) is 5.56 Å². The summed E-state index contributed by atoms with van der Waals surface area (Å²) in [5.41, 5.74) is 2.48. The van der Waals surface area contributed by atoms with Crippen LogP contribution in [0.1, 0.15) is 47.3 Å². The van der Waals surface area contributed by atoms with E-state index in [2.05, 4.69) is 0 Å². The number of benzene rings is 1. The molecule has 1 aliphatic heterocycles. The molecule has 0 unspecified atom stereocenters. The lowest BCUT2D eigenvalue weighted by Gasteiger charge is -2.35. The summed E-state index contributed by atoms with van der Waals surface area (Å²) in [7, 11) is -3.26. The Kier molecular flexibility index (Phi) is 3.76. The van der Waals surface area contributed by atoms with Crippen LogP contribution in [0.5, 0.6) is 0 Å². The predicted molar refractivity (Wildman–Crippen MR) is 80.7 cm³/mol. The zero-order valence-corrected chi connectivity index (χ0v) is 13.8. The quantitative estimate of drug-likeness (QED) is 0.622. The van der Waals surface area contributed by atoms with Crippen molar-refractivity contribution >= 4 is 27.2 Å². The van der Waals surface area contributed by atoms with E-state index in [1.54, 1.807) is 13.0 Å². The number of ketones is 1. The first-order chi connectivity index (χ1) is 9.12. The molecule has 0 fully saturated rings. The molecule has 5 heteroatoms. The van der Waals surface area contributed by atoms with E-state index in [9.17, 15) is 13.2 Å². The highest BCUT2D eigenvalue weighted by molar-refractivity contribution is 7.91. The molecule has 0 saturated heterocycles. The molecule has 1 aromatic carbocycles. The molecule has 0 amide bonds. The first-order valence-corrected chi connectivity index (χ1v) is 8.77. The van der Waals surface area contributed by atoms with Gasteiger partial charge in [-0.05, 0) is 48.4 Å². The van der Waals surface area contributed by atoms with Crippen molar-refractivity contribution in [3.05, 3.63) is 28.3 Å². The molecular weight excluding hydrogens is 296 g/mol. The Hall–Kier alpha value is -0.870. The van der Waals surface area contributed by atoms with Crippen LogP contribution in [0.4, 0.5) is 0 Å². The summed E-state index contributed by atoms with van der Waals surface area (Å²) in [6.07, 6.45) is 0.571. The SMILES string of the molecule is Cc1cc(C(=O)CCl)c(C)c2c1S(=O)(=O)CCC2(C)C. The second-order valence-corrected chi connectivity index (χ2v) is 8.39. The van der Waals surface area contributed by atoms with Gasteiger partial charge in [0.15, 0.2) is 15.6 Å². The molecule has 0 atom stereocenters. The van der Waals surface area contributed by atoms with E-state index in [1.807, 2.05) is 20.8 Å². The Balaban J connectivity index is 2.90. The van der Waals surface area contributed by atoms with Gasteiger partial charge < -0.3 is 0 Å². The second kappa shape index (κ2) is 4.85. The number of carbonyl (C=O) groups excluding carboxylic acids is 1. The molecule has 0 spiro atoms. The molecule has 110 valence electrons. The van der Waals surface area contributed by atoms with E-state index in [1.165, 1.54) is 0 Å². The summed E-state index contributed by atoms with van der Waals surface area (Å²) in [6, 6.07) is 1.66. The van der Waals surface area contributed by atoms with Crippen molar-refractivity contribution in [2.45, 2.75) is 44.4 Å². The molecular formula is C15H19ClO3S. The van der Waals surface area contributed by atoms with Crippen LogP contribution < -0.4 is 0 Å². The molecule has 3 nitrogen and oxygen atoms in total. The Bertz CT molecular complexity index is 688. The summed E-state index contributed by atoms with van der Waals surface area (Å²) in [5.74, 6) is -0.0867. The third-order valence-corrected chi connectivity index (χ3v) is 6.26. The van der Waals surface area contributed by atoms with Crippen LogP contribution in [-0.2, 0) is 15.3 Å². The number of hydrogen-bond donors (Lipinski definition) is 0. The lowest BCUT2D eigenvalue weighted by Crippen LogP contribution is -2.33. The molecule has 0 aromatic heterocycles. The molecule has 1 aliphatic rings. The highest BCUT2D eigenvalue weighted by Gasteiger charge is 2.39. The molecule has 0 bridgehead atoms. The molecule has 1 aromatic rings. The Labute approximate surface area is 125 Å². The number of hydrogen-bond acceptors (Lipinski definition) is 3. The maximum Gasteiger partial charge on any atom is 0.178 e. The number of aryl methyl sites for hydroxylation is 1. The van der Waals surface area contributed by atoms with Crippen LogP contribution in [-0.4, -0.2) is 25.8 Å². The Morgan fingerprint density at radius 3 is 2.50 bits per heavy atom. The van der Waals surface area contributed by atoms with Crippen molar-refractivity contribution in [2.75, 3.05) is 11.6 Å². The van der Waals surface area contributed by atoms with E-state index in [4.69, 9.17) is 11.6 Å². The molecule has 2 rings (SSSR count). The van der Waals surface area contributed by atoms with Crippen LogP contribution >= 0.6 is 11.6 Å².